The zero-order valence-corrected chi connectivity index (χ0v) is 16.4. The van der Waals surface area contributed by atoms with Crippen molar-refractivity contribution >= 4 is 51.2 Å². The number of nitrogens with zero attached hydrogens (tertiary/aromatic N) is 1. The molecule has 0 heterocycles. The summed E-state index contributed by atoms with van der Waals surface area (Å²) in [5, 5.41) is 9.39. The van der Waals surface area contributed by atoms with Gasteiger partial charge in [0.2, 0.25) is 0 Å². The molecular formula is C20H18IN3O2. The molecule has 0 aliphatic rings. The Morgan fingerprint density at radius 3 is 2.69 bits per heavy atom. The lowest BCUT2D eigenvalue weighted by molar-refractivity contribution is -0.119. The molecule has 6 heteroatoms. The predicted octanol–water partition coefficient (Wildman–Crippen LogP) is 4.02. The Morgan fingerprint density at radius 2 is 1.92 bits per heavy atom. The number of hydrazone groups is 1. The van der Waals surface area contributed by atoms with Crippen LogP contribution in [0.25, 0.3) is 10.8 Å². The van der Waals surface area contributed by atoms with Crippen LogP contribution in [0.15, 0.2) is 65.8 Å². The van der Waals surface area contributed by atoms with Gasteiger partial charge < -0.3 is 10.1 Å². The number of methoxy groups -OCH3 is 1. The minimum Gasteiger partial charge on any atom is -0.496 e. The molecule has 3 rings (SSSR count). The normalized spacial score (nSPS) is 10.8. The van der Waals surface area contributed by atoms with Gasteiger partial charge in [-0.25, -0.2) is 5.43 Å². The van der Waals surface area contributed by atoms with E-state index in [4.69, 9.17) is 4.74 Å². The fraction of sp³-hybridized carbons (Fsp3) is 0.100. The summed E-state index contributed by atoms with van der Waals surface area (Å²) in [6.45, 7) is 0.149. The zero-order valence-electron chi connectivity index (χ0n) is 14.2. The fourth-order valence-electron chi connectivity index (χ4n) is 2.46. The molecule has 26 heavy (non-hydrogen) atoms. The highest BCUT2D eigenvalue weighted by Crippen LogP contribution is 2.21. The summed E-state index contributed by atoms with van der Waals surface area (Å²) in [6.07, 6.45) is 1.61. The lowest BCUT2D eigenvalue weighted by Gasteiger charge is -2.07. The van der Waals surface area contributed by atoms with Gasteiger partial charge in [0.05, 0.1) is 23.4 Å². The molecule has 0 aliphatic heterocycles. The Kier molecular flexibility index (Phi) is 6.06. The molecule has 3 aromatic carbocycles. The lowest BCUT2D eigenvalue weighted by Crippen LogP contribution is -2.25. The number of rotatable bonds is 6. The average Bonchev–Trinajstić information content (AvgIpc) is 2.66. The number of carbonyl (C=O) groups excluding carboxylic acids is 1. The van der Waals surface area contributed by atoms with Gasteiger partial charge >= 0.3 is 0 Å². The van der Waals surface area contributed by atoms with Crippen LogP contribution in [0.3, 0.4) is 0 Å². The Bertz CT molecular complexity index is 957. The summed E-state index contributed by atoms with van der Waals surface area (Å²) in [5.74, 6) is 0.601. The Balaban J connectivity index is 1.52. The summed E-state index contributed by atoms with van der Waals surface area (Å²) >= 11 is 2.19. The smallest absolute Gasteiger partial charge is 0.259 e. The summed E-state index contributed by atoms with van der Waals surface area (Å²) in [7, 11) is 1.63. The van der Waals surface area contributed by atoms with Crippen LogP contribution in [-0.4, -0.2) is 25.8 Å². The number of ether oxygens (including phenoxy) is 1. The van der Waals surface area contributed by atoms with Crippen LogP contribution in [-0.2, 0) is 4.79 Å². The minimum absolute atomic E-state index is 0.149. The maximum absolute atomic E-state index is 11.9. The van der Waals surface area contributed by atoms with Gasteiger partial charge in [0.25, 0.3) is 5.91 Å². The third-order valence-corrected chi connectivity index (χ3v) is 4.62. The lowest BCUT2D eigenvalue weighted by atomic mass is 10.1. The highest BCUT2D eigenvalue weighted by atomic mass is 127. The maximum Gasteiger partial charge on any atom is 0.259 e. The van der Waals surface area contributed by atoms with Crippen LogP contribution >= 0.6 is 22.6 Å². The van der Waals surface area contributed by atoms with Gasteiger partial charge in [0, 0.05) is 5.69 Å². The van der Waals surface area contributed by atoms with E-state index >= 15 is 0 Å². The van der Waals surface area contributed by atoms with Crippen LogP contribution < -0.4 is 15.5 Å². The van der Waals surface area contributed by atoms with Crippen LogP contribution in [0.5, 0.6) is 5.75 Å². The van der Waals surface area contributed by atoms with E-state index < -0.39 is 0 Å². The molecule has 5 nitrogen and oxygen atoms in total. The molecule has 0 unspecified atom stereocenters. The topological polar surface area (TPSA) is 62.7 Å². The summed E-state index contributed by atoms with van der Waals surface area (Å²) < 4.78 is 6.20. The van der Waals surface area contributed by atoms with E-state index in [1.807, 2.05) is 54.6 Å². The van der Waals surface area contributed by atoms with Crippen molar-refractivity contribution in [1.29, 1.82) is 0 Å². The van der Waals surface area contributed by atoms with E-state index in [1.54, 1.807) is 13.3 Å². The van der Waals surface area contributed by atoms with Crippen LogP contribution in [0.1, 0.15) is 5.56 Å². The molecule has 0 fully saturated rings. The average molecular weight is 459 g/mol. The third kappa shape index (κ3) is 4.72. The van der Waals surface area contributed by atoms with Gasteiger partial charge in [0.1, 0.15) is 5.75 Å². The second kappa shape index (κ2) is 8.66. The SMILES string of the molecule is COc1ccc(/C=N/NC(=O)CNc2ccc3ccccc3c2)cc1I. The second-order valence-corrected chi connectivity index (χ2v) is 6.76. The van der Waals surface area contributed by atoms with E-state index in [9.17, 15) is 4.79 Å². The maximum atomic E-state index is 11.9. The highest BCUT2D eigenvalue weighted by Gasteiger charge is 2.02. The largest absolute Gasteiger partial charge is 0.496 e. The summed E-state index contributed by atoms with van der Waals surface area (Å²) in [6, 6.07) is 19.8. The Labute approximate surface area is 165 Å². The number of anilines is 1. The first-order valence-corrected chi connectivity index (χ1v) is 9.12. The summed E-state index contributed by atoms with van der Waals surface area (Å²) in [5.41, 5.74) is 4.30. The molecule has 0 saturated carbocycles. The molecule has 2 N–H and O–H groups in total. The summed E-state index contributed by atoms with van der Waals surface area (Å²) in [4.78, 5) is 11.9. The molecule has 0 spiro atoms. The fourth-order valence-corrected chi connectivity index (χ4v) is 3.22. The molecule has 0 saturated heterocycles. The molecule has 0 bridgehead atoms. The first-order chi connectivity index (χ1) is 12.7. The van der Waals surface area contributed by atoms with Crippen molar-refractivity contribution in [2.45, 2.75) is 0 Å². The van der Waals surface area contributed by atoms with Gasteiger partial charge in [-0.15, -0.1) is 0 Å². The van der Waals surface area contributed by atoms with Gasteiger partial charge in [-0.05, 0) is 69.3 Å². The van der Waals surface area contributed by atoms with Crippen LogP contribution in [0, 0.1) is 3.57 Å². The molecule has 3 aromatic rings. The molecule has 0 aromatic heterocycles. The highest BCUT2D eigenvalue weighted by molar-refractivity contribution is 14.1. The number of hydrogen-bond donors (Lipinski definition) is 2. The predicted molar refractivity (Wildman–Crippen MR) is 114 cm³/mol. The van der Waals surface area contributed by atoms with Crippen LogP contribution in [0.2, 0.25) is 0 Å². The van der Waals surface area contributed by atoms with E-state index in [1.165, 1.54) is 5.39 Å². The molecule has 132 valence electrons. The quantitative estimate of drug-likeness (QED) is 0.333. The molecular weight excluding hydrogens is 441 g/mol. The Morgan fingerprint density at radius 1 is 1.12 bits per heavy atom. The molecule has 0 atom stereocenters. The first kappa shape index (κ1) is 18.2. The van der Waals surface area contributed by atoms with Crippen molar-refractivity contribution in [1.82, 2.24) is 5.43 Å². The first-order valence-electron chi connectivity index (χ1n) is 8.04. The minimum atomic E-state index is -0.211. The molecule has 0 aliphatic carbocycles. The molecule has 1 amide bonds. The molecule has 0 radical (unpaired) electrons. The number of fused-ring (bicyclic) bond motifs is 1. The van der Waals surface area contributed by atoms with Crippen molar-refractivity contribution in [3.8, 4) is 5.75 Å². The number of halogens is 1. The van der Waals surface area contributed by atoms with E-state index in [0.29, 0.717) is 0 Å². The van der Waals surface area contributed by atoms with Crippen molar-refractivity contribution in [3.05, 3.63) is 69.8 Å². The van der Waals surface area contributed by atoms with Gasteiger partial charge in [-0.2, -0.15) is 5.10 Å². The van der Waals surface area contributed by atoms with E-state index in [0.717, 1.165) is 26.0 Å². The van der Waals surface area contributed by atoms with Crippen molar-refractivity contribution in [3.63, 3.8) is 0 Å². The number of benzene rings is 3. The second-order valence-electron chi connectivity index (χ2n) is 5.60. The van der Waals surface area contributed by atoms with Gasteiger partial charge in [-0.3, -0.25) is 4.79 Å². The van der Waals surface area contributed by atoms with Crippen molar-refractivity contribution < 1.29 is 9.53 Å². The van der Waals surface area contributed by atoms with Gasteiger partial charge in [0.15, 0.2) is 0 Å². The number of nitrogens with one attached hydrogen (secondary N) is 2. The van der Waals surface area contributed by atoms with E-state index in [-0.39, 0.29) is 12.5 Å². The van der Waals surface area contributed by atoms with Crippen molar-refractivity contribution in [2.24, 2.45) is 5.10 Å². The van der Waals surface area contributed by atoms with Gasteiger partial charge in [-0.1, -0.05) is 30.3 Å². The van der Waals surface area contributed by atoms with E-state index in [2.05, 4.69) is 44.5 Å². The Hall–Kier alpha value is -2.61. The number of hydrogen-bond acceptors (Lipinski definition) is 4. The zero-order chi connectivity index (χ0) is 18.4. The monoisotopic (exact) mass is 459 g/mol. The standard InChI is InChI=1S/C20H18IN3O2/c1-26-19-9-6-14(10-18(19)21)12-23-24-20(25)13-22-17-8-7-15-4-2-3-5-16(15)11-17/h2-12,22H,13H2,1H3,(H,24,25)/b23-12+. The third-order valence-electron chi connectivity index (χ3n) is 3.78. The van der Waals surface area contributed by atoms with Crippen molar-refractivity contribution in [2.75, 3.05) is 19.0 Å². The number of carbonyl (C=O) groups is 1. The number of amides is 1. The van der Waals surface area contributed by atoms with Crippen LogP contribution in [0.4, 0.5) is 5.69 Å².